The zero-order valence-electron chi connectivity index (χ0n) is 52.1. The van der Waals surface area contributed by atoms with Gasteiger partial charge in [-0.15, -0.1) is 0 Å². The summed E-state index contributed by atoms with van der Waals surface area (Å²) in [5, 5.41) is 9.73. The third kappa shape index (κ3) is 62.6. The van der Waals surface area contributed by atoms with E-state index < -0.39 is 24.3 Å². The second kappa shape index (κ2) is 61.2. The molecule has 0 aliphatic heterocycles. The molecular formula is C72H118NO8+. The number of quaternary nitrogens is 1. The molecule has 458 valence electrons. The largest absolute Gasteiger partial charge is 0.477 e. The van der Waals surface area contributed by atoms with Crippen LogP contribution in [0.25, 0.3) is 0 Å². The van der Waals surface area contributed by atoms with E-state index in [9.17, 15) is 19.5 Å². The molecule has 2 atom stereocenters. The molecule has 9 heteroatoms. The van der Waals surface area contributed by atoms with Crippen LogP contribution in [0.4, 0.5) is 0 Å². The summed E-state index contributed by atoms with van der Waals surface area (Å²) in [6.45, 7) is 4.70. The number of carbonyl (C=O) groups is 3. The van der Waals surface area contributed by atoms with E-state index in [1.165, 1.54) is 64.2 Å². The average molecular weight is 1130 g/mol. The fourth-order valence-corrected chi connectivity index (χ4v) is 8.19. The number of likely N-dealkylation sites (N-methyl/N-ethyl adjacent to an activating group) is 1. The summed E-state index contributed by atoms with van der Waals surface area (Å²) in [5.41, 5.74) is 0. The molecule has 0 aliphatic rings. The number of unbranched alkanes of at least 4 members (excludes halogenated alkanes) is 18. The number of carboxylic acids is 1. The zero-order chi connectivity index (χ0) is 59.1. The topological polar surface area (TPSA) is 108 Å². The standard InChI is InChI=1S/C72H117NO8/c1-6-8-10-12-14-16-18-20-22-24-26-28-30-31-32-33-34-35-36-37-38-39-41-43-45-47-49-51-53-55-57-59-61-63-70(75)81-68(67-80-72(71(76)77)78-65-64-73(3,4)5)66-79-69(74)62-60-58-56-54-52-50-48-46-44-42-40-29-27-25-23-21-19-17-15-13-11-9-7-2/h8,10,14,16,19-22,25-28,31-32,34-35,37-38,40-43,47,49,68,72H,6-7,9,11-13,15,17-18,23-24,29-30,33,36,39,44-46,48,50-67H2,1-5H3/p+1/b10-8-,16-14-,21-19-,22-20-,27-25-,28-26-,32-31-,35-34-,38-37-,42-40-,43-41-,49-47-. The van der Waals surface area contributed by atoms with Gasteiger partial charge >= 0.3 is 17.9 Å². The van der Waals surface area contributed by atoms with Gasteiger partial charge in [0, 0.05) is 12.8 Å². The first kappa shape index (κ1) is 76.2. The van der Waals surface area contributed by atoms with Gasteiger partial charge in [-0.2, -0.15) is 0 Å². The number of hydrogen-bond acceptors (Lipinski definition) is 7. The van der Waals surface area contributed by atoms with E-state index in [-0.39, 0.29) is 38.6 Å². The molecule has 81 heavy (non-hydrogen) atoms. The maximum Gasteiger partial charge on any atom is 0.361 e. The van der Waals surface area contributed by atoms with Crippen LogP contribution in [-0.4, -0.2) is 87.4 Å². The number of carboxylic acid groups (broad SMARTS) is 1. The summed E-state index contributed by atoms with van der Waals surface area (Å²) in [6, 6.07) is 0. The monoisotopic (exact) mass is 1120 g/mol. The van der Waals surface area contributed by atoms with Gasteiger partial charge in [0.05, 0.1) is 34.4 Å². The summed E-state index contributed by atoms with van der Waals surface area (Å²) in [5.74, 6) is -2.06. The molecule has 1 N–H and O–H groups in total. The van der Waals surface area contributed by atoms with Crippen LogP contribution < -0.4 is 0 Å². The van der Waals surface area contributed by atoms with Crippen LogP contribution in [0.2, 0.25) is 0 Å². The number of ether oxygens (including phenoxy) is 4. The Kier molecular flexibility index (Phi) is 57.6. The highest BCUT2D eigenvalue weighted by molar-refractivity contribution is 5.71. The minimum absolute atomic E-state index is 0.174. The quantitative estimate of drug-likeness (QED) is 0.0211. The highest BCUT2D eigenvalue weighted by atomic mass is 16.7. The summed E-state index contributed by atoms with van der Waals surface area (Å²) in [7, 11) is 5.95. The average Bonchev–Trinajstić information content (AvgIpc) is 3.44. The third-order valence-electron chi connectivity index (χ3n) is 13.1. The Morgan fingerprint density at radius 1 is 0.383 bits per heavy atom. The molecular weight excluding hydrogens is 1010 g/mol. The first-order valence-corrected chi connectivity index (χ1v) is 32.0. The molecule has 0 bridgehead atoms. The van der Waals surface area contributed by atoms with Gasteiger partial charge in [-0.25, -0.2) is 4.79 Å². The normalized spacial score (nSPS) is 13.7. The van der Waals surface area contributed by atoms with Crippen molar-refractivity contribution in [3.8, 4) is 0 Å². The number of allylic oxidation sites excluding steroid dienone is 24. The molecule has 0 saturated carbocycles. The van der Waals surface area contributed by atoms with E-state index >= 15 is 0 Å². The molecule has 0 heterocycles. The van der Waals surface area contributed by atoms with Gasteiger partial charge in [0.25, 0.3) is 6.29 Å². The fourth-order valence-electron chi connectivity index (χ4n) is 8.19. The van der Waals surface area contributed by atoms with Crippen molar-refractivity contribution >= 4 is 17.9 Å². The van der Waals surface area contributed by atoms with E-state index in [0.29, 0.717) is 17.4 Å². The van der Waals surface area contributed by atoms with Crippen LogP contribution in [0.1, 0.15) is 232 Å². The Bertz CT molecular complexity index is 1840. The van der Waals surface area contributed by atoms with Crippen LogP contribution in [0.3, 0.4) is 0 Å². The molecule has 0 spiro atoms. The lowest BCUT2D eigenvalue weighted by Crippen LogP contribution is -2.40. The smallest absolute Gasteiger partial charge is 0.361 e. The van der Waals surface area contributed by atoms with Gasteiger partial charge in [0.1, 0.15) is 13.2 Å². The lowest BCUT2D eigenvalue weighted by molar-refractivity contribution is -0.870. The van der Waals surface area contributed by atoms with Crippen molar-refractivity contribution in [2.24, 2.45) is 0 Å². The van der Waals surface area contributed by atoms with Gasteiger partial charge < -0.3 is 28.5 Å². The van der Waals surface area contributed by atoms with Crippen LogP contribution >= 0.6 is 0 Å². The Morgan fingerprint density at radius 3 is 1.05 bits per heavy atom. The fraction of sp³-hybridized carbons (Fsp3) is 0.625. The van der Waals surface area contributed by atoms with Crippen LogP contribution in [0.5, 0.6) is 0 Å². The Balaban J connectivity index is 4.31. The van der Waals surface area contributed by atoms with Crippen molar-refractivity contribution in [2.45, 2.75) is 245 Å². The SMILES string of the molecule is CC/C=C\C/C=C\C/C=C\C/C=C\C/C=C\C/C=C\C/C=C\C/C=C\C/C=C\CCCCCCCC(=O)OC(COC(=O)CCCCCCCCCC/C=C\C/C=C\C/C=C\CCCCCCC)COC(OCC[N+](C)(C)C)C(=O)O. The number of hydrogen-bond donors (Lipinski definition) is 1. The van der Waals surface area contributed by atoms with E-state index in [4.69, 9.17) is 18.9 Å². The molecule has 0 saturated heterocycles. The van der Waals surface area contributed by atoms with Crippen molar-refractivity contribution in [1.29, 1.82) is 0 Å². The number of carbonyl (C=O) groups excluding carboxylic acids is 2. The van der Waals surface area contributed by atoms with Gasteiger partial charge in [0.15, 0.2) is 6.10 Å². The lowest BCUT2D eigenvalue weighted by Gasteiger charge is -2.25. The molecule has 0 fully saturated rings. The molecule has 0 amide bonds. The van der Waals surface area contributed by atoms with E-state index in [1.807, 2.05) is 21.1 Å². The molecule has 0 radical (unpaired) electrons. The third-order valence-corrected chi connectivity index (χ3v) is 13.1. The van der Waals surface area contributed by atoms with Crippen molar-refractivity contribution in [2.75, 3.05) is 47.5 Å². The highest BCUT2D eigenvalue weighted by Crippen LogP contribution is 2.14. The first-order valence-electron chi connectivity index (χ1n) is 32.0. The number of rotatable bonds is 57. The van der Waals surface area contributed by atoms with Gasteiger partial charge in [0.2, 0.25) is 0 Å². The van der Waals surface area contributed by atoms with Crippen LogP contribution in [0, 0.1) is 0 Å². The van der Waals surface area contributed by atoms with Gasteiger partial charge in [-0.1, -0.05) is 243 Å². The summed E-state index contributed by atoms with van der Waals surface area (Å²) in [6.07, 6.45) is 86.4. The molecule has 0 rings (SSSR count). The minimum atomic E-state index is -1.53. The number of aliphatic carboxylic acids is 1. The highest BCUT2D eigenvalue weighted by Gasteiger charge is 2.25. The Hall–Kier alpha value is -4.83. The predicted molar refractivity (Wildman–Crippen MR) is 345 cm³/mol. The lowest BCUT2D eigenvalue weighted by atomic mass is 10.1. The van der Waals surface area contributed by atoms with Crippen LogP contribution in [0.15, 0.2) is 146 Å². The van der Waals surface area contributed by atoms with Crippen molar-refractivity contribution in [1.82, 2.24) is 0 Å². The molecule has 0 aliphatic carbocycles. The van der Waals surface area contributed by atoms with E-state index in [0.717, 1.165) is 135 Å². The first-order chi connectivity index (χ1) is 39.6. The molecule has 0 aromatic carbocycles. The minimum Gasteiger partial charge on any atom is -0.477 e. The van der Waals surface area contributed by atoms with E-state index in [1.54, 1.807) is 0 Å². The van der Waals surface area contributed by atoms with Crippen molar-refractivity contribution in [3.05, 3.63) is 146 Å². The van der Waals surface area contributed by atoms with Crippen LogP contribution in [-0.2, 0) is 33.3 Å². The Labute approximate surface area is 496 Å². The van der Waals surface area contributed by atoms with E-state index in [2.05, 4.69) is 160 Å². The maximum absolute atomic E-state index is 12.9. The zero-order valence-corrected chi connectivity index (χ0v) is 52.1. The molecule has 0 aromatic rings. The maximum atomic E-state index is 12.9. The van der Waals surface area contributed by atoms with Crippen molar-refractivity contribution < 1.29 is 42.9 Å². The summed E-state index contributed by atoms with van der Waals surface area (Å²) in [4.78, 5) is 37.5. The molecule has 9 nitrogen and oxygen atoms in total. The summed E-state index contributed by atoms with van der Waals surface area (Å²) >= 11 is 0. The number of esters is 2. The van der Waals surface area contributed by atoms with Gasteiger partial charge in [-0.3, -0.25) is 9.59 Å². The second-order valence-electron chi connectivity index (χ2n) is 22.0. The predicted octanol–water partition coefficient (Wildman–Crippen LogP) is 19.6. The Morgan fingerprint density at radius 2 is 0.704 bits per heavy atom. The molecule has 0 aromatic heterocycles. The van der Waals surface area contributed by atoms with Gasteiger partial charge in [-0.05, 0) is 122 Å². The molecule has 2 unspecified atom stereocenters. The second-order valence-corrected chi connectivity index (χ2v) is 22.0. The summed E-state index contributed by atoms with van der Waals surface area (Å²) < 4.78 is 22.9. The van der Waals surface area contributed by atoms with Crippen molar-refractivity contribution in [3.63, 3.8) is 0 Å². The number of nitrogens with zero attached hydrogens (tertiary/aromatic N) is 1.